The Morgan fingerprint density at radius 1 is 0.833 bits per heavy atom. The summed E-state index contributed by atoms with van der Waals surface area (Å²) in [4.78, 5) is 12.9. The summed E-state index contributed by atoms with van der Waals surface area (Å²) in [6.07, 6.45) is 11.1. The topological polar surface area (TPSA) is 35.5 Å². The summed E-state index contributed by atoms with van der Waals surface area (Å²) in [7, 11) is 0. The van der Waals surface area contributed by atoms with Gasteiger partial charge in [-0.1, -0.05) is 64.7 Å². The van der Waals surface area contributed by atoms with Gasteiger partial charge in [-0.15, -0.1) is 0 Å². The van der Waals surface area contributed by atoms with Crippen molar-refractivity contribution in [1.82, 2.24) is 0 Å². The average Bonchev–Trinajstić information content (AvgIpc) is 2.78. The van der Waals surface area contributed by atoms with E-state index < -0.39 is 0 Å². The van der Waals surface area contributed by atoms with Crippen molar-refractivity contribution in [3.05, 3.63) is 65.2 Å². The number of ether oxygens (including phenoxy) is 2. The molecule has 3 heteroatoms. The highest BCUT2D eigenvalue weighted by atomic mass is 16.5. The standard InChI is InChI=1S/C27H36O3/c1-4-7-11-19-29-26-18-15-22(6-3)21-23(26)16-17-25(28)24-13-9-10-14-27(24)30-20-12-8-5-2/h9-10,13-18,21H,4-8,11-12,19-20H2,1-3H3/b17-16+. The molecule has 30 heavy (non-hydrogen) atoms. The van der Waals surface area contributed by atoms with Crippen LogP contribution in [0.25, 0.3) is 6.08 Å². The van der Waals surface area contributed by atoms with Gasteiger partial charge >= 0.3 is 0 Å². The number of para-hydroxylation sites is 1. The average molecular weight is 409 g/mol. The van der Waals surface area contributed by atoms with E-state index in [2.05, 4.69) is 32.9 Å². The molecule has 2 aromatic carbocycles. The van der Waals surface area contributed by atoms with Gasteiger partial charge in [0.25, 0.3) is 0 Å². The third-order valence-electron chi connectivity index (χ3n) is 5.06. The molecule has 0 atom stereocenters. The van der Waals surface area contributed by atoms with Crippen molar-refractivity contribution in [3.63, 3.8) is 0 Å². The lowest BCUT2D eigenvalue weighted by molar-refractivity contribution is 0.104. The molecule has 0 saturated carbocycles. The van der Waals surface area contributed by atoms with Crippen molar-refractivity contribution in [2.24, 2.45) is 0 Å². The molecule has 3 nitrogen and oxygen atoms in total. The van der Waals surface area contributed by atoms with Gasteiger partial charge < -0.3 is 9.47 Å². The number of rotatable bonds is 14. The third kappa shape index (κ3) is 7.70. The van der Waals surface area contributed by atoms with Crippen LogP contribution in [0.4, 0.5) is 0 Å². The van der Waals surface area contributed by atoms with Gasteiger partial charge in [-0.3, -0.25) is 4.79 Å². The van der Waals surface area contributed by atoms with Gasteiger partial charge in [0.05, 0.1) is 18.8 Å². The lowest BCUT2D eigenvalue weighted by atomic mass is 10.0. The molecular weight excluding hydrogens is 372 g/mol. The smallest absolute Gasteiger partial charge is 0.189 e. The number of aryl methyl sites for hydroxylation is 1. The molecule has 0 amide bonds. The van der Waals surface area contributed by atoms with Crippen LogP contribution in [-0.2, 0) is 6.42 Å². The van der Waals surface area contributed by atoms with Gasteiger partial charge in [0, 0.05) is 5.56 Å². The number of ketones is 1. The number of carbonyl (C=O) groups excluding carboxylic acids is 1. The first-order valence-corrected chi connectivity index (χ1v) is 11.4. The molecule has 0 radical (unpaired) electrons. The van der Waals surface area contributed by atoms with Crippen molar-refractivity contribution in [2.45, 2.75) is 65.7 Å². The van der Waals surface area contributed by atoms with E-state index in [-0.39, 0.29) is 5.78 Å². The lowest BCUT2D eigenvalue weighted by Crippen LogP contribution is -2.03. The van der Waals surface area contributed by atoms with E-state index in [4.69, 9.17) is 9.47 Å². The van der Waals surface area contributed by atoms with E-state index in [9.17, 15) is 4.79 Å². The van der Waals surface area contributed by atoms with E-state index in [1.165, 1.54) is 12.0 Å². The number of hydrogen-bond donors (Lipinski definition) is 0. The van der Waals surface area contributed by atoms with Crippen LogP contribution in [0.15, 0.2) is 48.5 Å². The quantitative estimate of drug-likeness (QED) is 0.187. The molecule has 0 unspecified atom stereocenters. The molecule has 162 valence electrons. The highest BCUT2D eigenvalue weighted by molar-refractivity contribution is 6.08. The maximum absolute atomic E-state index is 12.9. The van der Waals surface area contributed by atoms with Gasteiger partial charge in [-0.25, -0.2) is 0 Å². The zero-order valence-corrected chi connectivity index (χ0v) is 18.8. The Labute approximate surface area is 182 Å². The second-order valence-corrected chi connectivity index (χ2v) is 7.53. The molecule has 0 aliphatic rings. The fourth-order valence-electron chi connectivity index (χ4n) is 3.20. The summed E-state index contributed by atoms with van der Waals surface area (Å²) in [5.74, 6) is 1.43. The predicted molar refractivity (Wildman–Crippen MR) is 126 cm³/mol. The van der Waals surface area contributed by atoms with Crippen LogP contribution < -0.4 is 9.47 Å². The number of benzene rings is 2. The molecule has 0 aromatic heterocycles. The molecule has 0 saturated heterocycles. The molecule has 0 aliphatic heterocycles. The molecule has 0 N–H and O–H groups in total. The van der Waals surface area contributed by atoms with Crippen LogP contribution in [0, 0.1) is 0 Å². The van der Waals surface area contributed by atoms with Crippen molar-refractivity contribution in [2.75, 3.05) is 13.2 Å². The van der Waals surface area contributed by atoms with Crippen LogP contribution in [0.1, 0.15) is 80.8 Å². The van der Waals surface area contributed by atoms with Crippen LogP contribution in [0.5, 0.6) is 11.5 Å². The molecule has 0 aliphatic carbocycles. The first-order valence-electron chi connectivity index (χ1n) is 11.4. The van der Waals surface area contributed by atoms with E-state index >= 15 is 0 Å². The van der Waals surface area contributed by atoms with Crippen molar-refractivity contribution < 1.29 is 14.3 Å². The first-order chi connectivity index (χ1) is 14.7. The molecule has 0 bridgehead atoms. The van der Waals surface area contributed by atoms with Crippen LogP contribution in [0.2, 0.25) is 0 Å². The summed E-state index contributed by atoms with van der Waals surface area (Å²) in [6, 6.07) is 13.7. The molecule has 2 aromatic rings. The van der Waals surface area contributed by atoms with Gasteiger partial charge in [0.1, 0.15) is 11.5 Å². The van der Waals surface area contributed by atoms with E-state index in [1.54, 1.807) is 6.08 Å². The third-order valence-corrected chi connectivity index (χ3v) is 5.06. The monoisotopic (exact) mass is 408 g/mol. The Balaban J connectivity index is 2.13. The molecule has 2 rings (SSSR count). The van der Waals surface area contributed by atoms with Gasteiger partial charge in [0.15, 0.2) is 5.78 Å². The van der Waals surface area contributed by atoms with E-state index in [0.29, 0.717) is 24.5 Å². The minimum absolute atomic E-state index is 0.0556. The van der Waals surface area contributed by atoms with Crippen LogP contribution in [0.3, 0.4) is 0 Å². The number of unbranched alkanes of at least 4 members (excludes halogenated alkanes) is 4. The van der Waals surface area contributed by atoms with E-state index in [1.807, 2.05) is 36.4 Å². The molecule has 0 heterocycles. The van der Waals surface area contributed by atoms with Gasteiger partial charge in [-0.2, -0.15) is 0 Å². The number of carbonyl (C=O) groups is 1. The Kier molecular flexibility index (Phi) is 10.8. The van der Waals surface area contributed by atoms with Gasteiger partial charge in [0.2, 0.25) is 0 Å². The Hall–Kier alpha value is -2.55. The first kappa shape index (κ1) is 23.7. The van der Waals surface area contributed by atoms with Gasteiger partial charge in [-0.05, 0) is 61.2 Å². The van der Waals surface area contributed by atoms with Crippen molar-refractivity contribution >= 4 is 11.9 Å². The van der Waals surface area contributed by atoms with E-state index in [0.717, 1.165) is 49.8 Å². The van der Waals surface area contributed by atoms with Crippen molar-refractivity contribution in [1.29, 1.82) is 0 Å². The Bertz CT molecular complexity index is 808. The van der Waals surface area contributed by atoms with Crippen LogP contribution in [-0.4, -0.2) is 19.0 Å². The zero-order valence-electron chi connectivity index (χ0n) is 18.8. The van der Waals surface area contributed by atoms with Crippen molar-refractivity contribution in [3.8, 4) is 11.5 Å². The second kappa shape index (κ2) is 13.6. The minimum atomic E-state index is -0.0556. The summed E-state index contributed by atoms with van der Waals surface area (Å²) in [5, 5.41) is 0. The maximum Gasteiger partial charge on any atom is 0.189 e. The second-order valence-electron chi connectivity index (χ2n) is 7.53. The summed E-state index contributed by atoms with van der Waals surface area (Å²) >= 11 is 0. The molecule has 0 fully saturated rings. The summed E-state index contributed by atoms with van der Waals surface area (Å²) in [5.41, 5.74) is 2.77. The normalized spacial score (nSPS) is 11.0. The fourth-order valence-corrected chi connectivity index (χ4v) is 3.20. The Morgan fingerprint density at radius 2 is 1.50 bits per heavy atom. The SMILES string of the molecule is CCCCCOc1ccc(CC)cc1/C=C/C(=O)c1ccccc1OCCCCC. The number of allylic oxidation sites excluding steroid dienone is 1. The van der Waals surface area contributed by atoms with Crippen LogP contribution >= 0.6 is 0 Å². The highest BCUT2D eigenvalue weighted by Crippen LogP contribution is 2.24. The maximum atomic E-state index is 12.9. The lowest BCUT2D eigenvalue weighted by Gasteiger charge is -2.11. The number of hydrogen-bond acceptors (Lipinski definition) is 3. The molecule has 0 spiro atoms. The summed E-state index contributed by atoms with van der Waals surface area (Å²) in [6.45, 7) is 7.80. The predicted octanol–water partition coefficient (Wildman–Crippen LogP) is 7.28. The Morgan fingerprint density at radius 3 is 2.17 bits per heavy atom. The largest absolute Gasteiger partial charge is 0.493 e. The zero-order chi connectivity index (χ0) is 21.6. The molecular formula is C27H36O3. The highest BCUT2D eigenvalue weighted by Gasteiger charge is 2.10. The summed E-state index contributed by atoms with van der Waals surface area (Å²) < 4.78 is 11.9. The fraction of sp³-hybridized carbons (Fsp3) is 0.444. The minimum Gasteiger partial charge on any atom is -0.493 e.